The van der Waals surface area contributed by atoms with Gasteiger partial charge < -0.3 is 10.6 Å². The van der Waals surface area contributed by atoms with Crippen LogP contribution in [-0.2, 0) is 10.0 Å². The van der Waals surface area contributed by atoms with Crippen LogP contribution in [0.4, 0.5) is 5.69 Å². The molecular formula is C14H23N3O2S. The first kappa shape index (κ1) is 15.3. The Balaban J connectivity index is 2.03. The van der Waals surface area contributed by atoms with Gasteiger partial charge in [0.05, 0.1) is 4.90 Å². The third kappa shape index (κ3) is 3.71. The fraction of sp³-hybridized carbons (Fsp3) is 0.571. The lowest BCUT2D eigenvalue weighted by molar-refractivity contribution is 0.313. The summed E-state index contributed by atoms with van der Waals surface area (Å²) in [6.45, 7) is 6.62. The molecule has 6 heteroatoms. The number of hydrogen-bond acceptors (Lipinski definition) is 4. The highest BCUT2D eigenvalue weighted by atomic mass is 32.2. The summed E-state index contributed by atoms with van der Waals surface area (Å²) >= 11 is 0. The van der Waals surface area contributed by atoms with E-state index < -0.39 is 10.0 Å². The van der Waals surface area contributed by atoms with Crippen LogP contribution >= 0.6 is 0 Å². The minimum Gasteiger partial charge on any atom is -0.398 e. The van der Waals surface area contributed by atoms with Crippen LogP contribution in [0.2, 0.25) is 0 Å². The molecule has 2 rings (SSSR count). The standard InChI is InChI=1S/C14H23N3O2S/c1-11-5-6-13(9-14(11)15)20(18,19)16-12(2)10-17-7-3-4-8-17/h5-6,9,12,16H,3-4,7-8,10,15H2,1-2H3. The molecule has 1 aromatic rings. The highest BCUT2D eigenvalue weighted by molar-refractivity contribution is 7.89. The van der Waals surface area contributed by atoms with Crippen molar-refractivity contribution in [1.29, 1.82) is 0 Å². The monoisotopic (exact) mass is 297 g/mol. The predicted molar refractivity (Wildman–Crippen MR) is 81.0 cm³/mol. The van der Waals surface area contributed by atoms with Crippen molar-refractivity contribution in [3.63, 3.8) is 0 Å². The molecule has 3 N–H and O–H groups in total. The average Bonchev–Trinajstić information content (AvgIpc) is 2.84. The van der Waals surface area contributed by atoms with Crippen LogP contribution in [0.5, 0.6) is 0 Å². The number of likely N-dealkylation sites (tertiary alicyclic amines) is 1. The second-order valence-corrected chi connectivity index (χ2v) is 7.26. The molecule has 1 unspecified atom stereocenters. The number of hydrogen-bond donors (Lipinski definition) is 2. The Morgan fingerprint density at radius 2 is 2.00 bits per heavy atom. The van der Waals surface area contributed by atoms with Gasteiger partial charge in [0.1, 0.15) is 0 Å². The second kappa shape index (κ2) is 6.11. The van der Waals surface area contributed by atoms with Crippen LogP contribution in [0, 0.1) is 6.92 Å². The van der Waals surface area contributed by atoms with Gasteiger partial charge >= 0.3 is 0 Å². The largest absolute Gasteiger partial charge is 0.398 e. The summed E-state index contributed by atoms with van der Waals surface area (Å²) in [5.74, 6) is 0. The second-order valence-electron chi connectivity index (χ2n) is 5.55. The zero-order chi connectivity index (χ0) is 14.8. The maximum absolute atomic E-state index is 12.3. The average molecular weight is 297 g/mol. The van der Waals surface area contributed by atoms with Crippen LogP contribution in [0.15, 0.2) is 23.1 Å². The lowest BCUT2D eigenvalue weighted by atomic mass is 10.2. The van der Waals surface area contributed by atoms with Gasteiger partial charge in [0, 0.05) is 18.3 Å². The van der Waals surface area contributed by atoms with Crippen LogP contribution in [0.1, 0.15) is 25.3 Å². The van der Waals surface area contributed by atoms with Gasteiger partial charge in [0.2, 0.25) is 10.0 Å². The van der Waals surface area contributed by atoms with E-state index in [-0.39, 0.29) is 10.9 Å². The molecule has 1 atom stereocenters. The van der Waals surface area contributed by atoms with E-state index >= 15 is 0 Å². The van der Waals surface area contributed by atoms with E-state index in [0.717, 1.165) is 25.2 Å². The van der Waals surface area contributed by atoms with E-state index in [1.54, 1.807) is 12.1 Å². The summed E-state index contributed by atoms with van der Waals surface area (Å²) in [7, 11) is -3.50. The molecule has 5 nitrogen and oxygen atoms in total. The molecular weight excluding hydrogens is 274 g/mol. The molecule has 0 amide bonds. The van der Waals surface area contributed by atoms with Crippen LogP contribution in [0.3, 0.4) is 0 Å². The lowest BCUT2D eigenvalue weighted by Gasteiger charge is -2.21. The van der Waals surface area contributed by atoms with Crippen LogP contribution in [0.25, 0.3) is 0 Å². The quantitative estimate of drug-likeness (QED) is 0.804. The van der Waals surface area contributed by atoms with Crippen molar-refractivity contribution in [3.05, 3.63) is 23.8 Å². The van der Waals surface area contributed by atoms with Crippen molar-refractivity contribution in [2.75, 3.05) is 25.4 Å². The van der Waals surface area contributed by atoms with Gasteiger partial charge in [0.25, 0.3) is 0 Å². The summed E-state index contributed by atoms with van der Waals surface area (Å²) in [5, 5.41) is 0. The molecule has 20 heavy (non-hydrogen) atoms. The maximum Gasteiger partial charge on any atom is 0.240 e. The van der Waals surface area contributed by atoms with Gasteiger partial charge in [-0.3, -0.25) is 0 Å². The predicted octanol–water partition coefficient (Wildman–Crippen LogP) is 1.34. The summed E-state index contributed by atoms with van der Waals surface area (Å²) in [5.41, 5.74) is 7.16. The Kier molecular flexibility index (Phi) is 4.67. The van der Waals surface area contributed by atoms with Gasteiger partial charge in [-0.15, -0.1) is 0 Å². The fourth-order valence-electron chi connectivity index (χ4n) is 2.51. The van der Waals surface area contributed by atoms with Gasteiger partial charge in [-0.1, -0.05) is 6.07 Å². The number of nitrogens with two attached hydrogens (primary N) is 1. The highest BCUT2D eigenvalue weighted by Crippen LogP contribution is 2.17. The van der Waals surface area contributed by atoms with E-state index in [2.05, 4.69) is 9.62 Å². The summed E-state index contributed by atoms with van der Waals surface area (Å²) < 4.78 is 27.3. The number of aryl methyl sites for hydroxylation is 1. The van der Waals surface area contributed by atoms with Gasteiger partial charge in [-0.2, -0.15) is 0 Å². The van der Waals surface area contributed by atoms with E-state index in [0.29, 0.717) is 5.69 Å². The summed E-state index contributed by atoms with van der Waals surface area (Å²) in [6.07, 6.45) is 2.40. The zero-order valence-corrected chi connectivity index (χ0v) is 12.9. The smallest absolute Gasteiger partial charge is 0.240 e. The molecule has 1 saturated heterocycles. The molecule has 1 heterocycles. The Morgan fingerprint density at radius 3 is 2.60 bits per heavy atom. The van der Waals surface area contributed by atoms with Crippen molar-refractivity contribution in [2.45, 2.75) is 37.6 Å². The maximum atomic E-state index is 12.3. The zero-order valence-electron chi connectivity index (χ0n) is 12.1. The topological polar surface area (TPSA) is 75.4 Å². The number of nitrogens with one attached hydrogen (secondary N) is 1. The minimum absolute atomic E-state index is 0.111. The Morgan fingerprint density at radius 1 is 1.35 bits per heavy atom. The molecule has 112 valence electrons. The molecule has 0 aromatic heterocycles. The van der Waals surface area contributed by atoms with Gasteiger partial charge in [0.15, 0.2) is 0 Å². The van der Waals surface area contributed by atoms with Crippen molar-refractivity contribution in [3.8, 4) is 0 Å². The third-order valence-corrected chi connectivity index (χ3v) is 5.24. The molecule has 0 radical (unpaired) electrons. The Hall–Kier alpha value is -1.11. The number of rotatable bonds is 5. The number of anilines is 1. The molecule has 0 spiro atoms. The molecule has 1 aliphatic rings. The van der Waals surface area contributed by atoms with E-state index in [4.69, 9.17) is 5.73 Å². The van der Waals surface area contributed by atoms with Crippen molar-refractivity contribution < 1.29 is 8.42 Å². The van der Waals surface area contributed by atoms with Crippen LogP contribution < -0.4 is 10.5 Å². The molecule has 0 saturated carbocycles. The number of sulfonamides is 1. The molecule has 1 fully saturated rings. The lowest BCUT2D eigenvalue weighted by Crippen LogP contribution is -2.41. The van der Waals surface area contributed by atoms with E-state index in [1.165, 1.54) is 18.9 Å². The first-order valence-electron chi connectivity index (χ1n) is 6.99. The highest BCUT2D eigenvalue weighted by Gasteiger charge is 2.21. The van der Waals surface area contributed by atoms with Crippen molar-refractivity contribution >= 4 is 15.7 Å². The number of nitrogen functional groups attached to an aromatic ring is 1. The summed E-state index contributed by atoms with van der Waals surface area (Å²) in [4.78, 5) is 2.52. The van der Waals surface area contributed by atoms with Gasteiger partial charge in [-0.05, 0) is 57.5 Å². The third-order valence-electron chi connectivity index (χ3n) is 3.65. The summed E-state index contributed by atoms with van der Waals surface area (Å²) in [6, 6.07) is 4.73. The van der Waals surface area contributed by atoms with Crippen molar-refractivity contribution in [1.82, 2.24) is 9.62 Å². The Labute approximate surface area is 121 Å². The molecule has 0 bridgehead atoms. The normalized spacial score (nSPS) is 18.3. The first-order chi connectivity index (χ1) is 9.38. The first-order valence-corrected chi connectivity index (χ1v) is 8.47. The molecule has 0 aliphatic carbocycles. The number of nitrogens with zero attached hydrogens (tertiary/aromatic N) is 1. The van der Waals surface area contributed by atoms with E-state index in [1.807, 2.05) is 13.8 Å². The number of benzene rings is 1. The molecule has 1 aliphatic heterocycles. The Bertz CT molecular complexity index is 566. The van der Waals surface area contributed by atoms with Crippen molar-refractivity contribution in [2.24, 2.45) is 0 Å². The fourth-order valence-corrected chi connectivity index (χ4v) is 3.78. The molecule has 1 aromatic carbocycles. The van der Waals surface area contributed by atoms with Gasteiger partial charge in [-0.25, -0.2) is 13.1 Å². The SMILES string of the molecule is Cc1ccc(S(=O)(=O)NC(C)CN2CCCC2)cc1N. The van der Waals surface area contributed by atoms with E-state index in [9.17, 15) is 8.42 Å². The van der Waals surface area contributed by atoms with Crippen LogP contribution in [-0.4, -0.2) is 39.0 Å². The minimum atomic E-state index is -3.50.